The maximum atomic E-state index is 16.5. The van der Waals surface area contributed by atoms with Crippen LogP contribution in [0.2, 0.25) is 0 Å². The van der Waals surface area contributed by atoms with Gasteiger partial charge >= 0.3 is 17.9 Å². The first-order valence-electron chi connectivity index (χ1n) is 44.9. The minimum absolute atomic E-state index is 0.00276. The zero-order valence-corrected chi connectivity index (χ0v) is 74.9. The van der Waals surface area contributed by atoms with E-state index in [1.807, 2.05) is 0 Å². The predicted molar refractivity (Wildman–Crippen MR) is 434 cm³/mol. The van der Waals surface area contributed by atoms with E-state index in [1.165, 1.54) is 32.9 Å². The molecule has 13 aliphatic rings. The highest BCUT2D eigenvalue weighted by atomic mass is 16.8. The summed E-state index contributed by atoms with van der Waals surface area (Å²) in [5, 5.41) is 228. The standard InChI is InChI=1S/C87H137NO42/c1-13-82(9,111)20-14-15-36(2)70(109)124-63-42(94)30-116-74(61(63)106)128-67-55(100)46(32-113-38(4)92)121-77(68(67)129-75-62(107)65(44(96)31-117-75)126-78-69(108)86(112,34-90)35-119-78)130-79(110)87-24-23-80(5,6)25-40(87)39-16-17-49-83(10)21-19-51(81(7,8)48(83)18-22-84(49,11)85(39,12)26-50(87)97)123-71-52(88-37(3)91)56(101)66(127-76-59(104)57(102)54(99)45(27-89)120-76)47(122-71)33-118-72-60(105)64(43(95)29-114-72)125-73-58(103)53(98)41(93)28-115-73/h13,15-16,40-69,71-78,89-90,93-108,111-112H,1,14,17-35H2,2-12H3,(H,88,91)/b36-15+/t40-,41+,42+,43-,44+,45+,46+,47+,48-,49+,50+,51-,52+,53-,54+,55+,56+,57-,58+,59+,60+,61+,62+,63-,64-,65-,66+,67-,68+,69-,71-,72-,73-,74-,75-,76-,77-,78-,82-,83-,84+,85+,86+,87+/m0/s1. The molecular weight excluding hydrogens is 1730 g/mol. The molecule has 0 bridgehead atoms. The third-order valence-electron chi connectivity index (χ3n) is 30.8. The average molecular weight is 1870 g/mol. The molecule has 44 atom stereocenters. The third-order valence-corrected chi connectivity index (χ3v) is 30.8. The molecule has 0 aromatic rings. The Morgan fingerprint density at radius 3 is 1.74 bits per heavy atom. The van der Waals surface area contributed by atoms with Crippen molar-refractivity contribution in [2.45, 2.75) is 373 Å². The zero-order valence-electron chi connectivity index (χ0n) is 74.9. The van der Waals surface area contributed by atoms with Crippen molar-refractivity contribution in [1.82, 2.24) is 5.32 Å². The van der Waals surface area contributed by atoms with Crippen LogP contribution in [0.15, 0.2) is 36.0 Å². The number of hydrogen-bond acceptors (Lipinski definition) is 42. The lowest BCUT2D eigenvalue weighted by atomic mass is 9.33. The number of aliphatic hydroxyl groups excluding tert-OH is 18. The molecule has 0 radical (unpaired) electrons. The molecule has 43 heteroatoms. The fourth-order valence-corrected chi connectivity index (χ4v) is 22.8. The molecule has 43 nitrogen and oxygen atoms in total. The van der Waals surface area contributed by atoms with Crippen LogP contribution in [0.4, 0.5) is 0 Å². The van der Waals surface area contributed by atoms with Crippen molar-refractivity contribution >= 4 is 23.8 Å². The highest BCUT2D eigenvalue weighted by Gasteiger charge is 2.73. The summed E-state index contributed by atoms with van der Waals surface area (Å²) < 4.78 is 109. The Morgan fingerprint density at radius 2 is 1.12 bits per heavy atom. The van der Waals surface area contributed by atoms with Gasteiger partial charge in [-0.2, -0.15) is 0 Å². The van der Waals surface area contributed by atoms with Gasteiger partial charge in [-0.15, -0.1) is 6.58 Å². The van der Waals surface area contributed by atoms with Gasteiger partial charge in [0.2, 0.25) is 12.2 Å². The summed E-state index contributed by atoms with van der Waals surface area (Å²) in [4.78, 5) is 56.3. The molecule has 8 heterocycles. The van der Waals surface area contributed by atoms with Gasteiger partial charge in [-0.05, 0) is 129 Å². The van der Waals surface area contributed by atoms with E-state index in [2.05, 4.69) is 66.4 Å². The molecule has 8 saturated heterocycles. The van der Waals surface area contributed by atoms with Crippen LogP contribution >= 0.6 is 0 Å². The number of fused-ring (bicyclic) bond motifs is 7. The number of nitrogens with one attached hydrogen (secondary N) is 1. The van der Waals surface area contributed by atoms with Crippen molar-refractivity contribution in [3.05, 3.63) is 36.0 Å². The number of aliphatic hydroxyl groups is 20. The molecule has 12 fully saturated rings. The summed E-state index contributed by atoms with van der Waals surface area (Å²) in [5.74, 6) is -4.63. The van der Waals surface area contributed by atoms with Crippen molar-refractivity contribution in [1.29, 1.82) is 0 Å². The third kappa shape index (κ3) is 19.9. The van der Waals surface area contributed by atoms with E-state index in [1.54, 1.807) is 0 Å². The first kappa shape index (κ1) is 103. The van der Waals surface area contributed by atoms with E-state index in [4.69, 9.17) is 85.3 Å². The summed E-state index contributed by atoms with van der Waals surface area (Å²) in [7, 11) is 0. The van der Waals surface area contributed by atoms with Gasteiger partial charge in [-0.3, -0.25) is 14.4 Å². The predicted octanol–water partition coefficient (Wildman–Crippen LogP) is -5.64. The van der Waals surface area contributed by atoms with Crippen molar-refractivity contribution in [2.24, 2.45) is 50.2 Å². The summed E-state index contributed by atoms with van der Waals surface area (Å²) in [6, 6.07) is -1.49. The number of rotatable bonds is 28. The number of ether oxygens (including phenoxy) is 18. The van der Waals surface area contributed by atoms with Gasteiger partial charge < -0.3 is 193 Å². The minimum atomic E-state index is -2.23. The second-order valence-corrected chi connectivity index (χ2v) is 40.3. The van der Waals surface area contributed by atoms with Crippen molar-refractivity contribution in [3.8, 4) is 0 Å². The Bertz CT molecular complexity index is 3950. The fraction of sp³-hybridized carbons (Fsp3) is 0.885. The molecule has 4 saturated carbocycles. The van der Waals surface area contributed by atoms with Crippen LogP contribution in [-0.2, 0) is 104 Å². The molecule has 130 heavy (non-hydrogen) atoms. The number of hydrogen-bond donors (Lipinski definition) is 21. The second-order valence-electron chi connectivity index (χ2n) is 40.3. The lowest BCUT2D eigenvalue weighted by Crippen LogP contribution is -2.70. The normalized spacial score (nSPS) is 48.9. The summed E-state index contributed by atoms with van der Waals surface area (Å²) in [5.41, 5.74) is -7.76. The van der Waals surface area contributed by atoms with Gasteiger partial charge in [-0.25, -0.2) is 4.79 Å². The highest BCUT2D eigenvalue weighted by molar-refractivity contribution is 5.88. The molecule has 0 unspecified atom stereocenters. The van der Waals surface area contributed by atoms with Crippen LogP contribution in [0.5, 0.6) is 0 Å². The molecule has 21 N–H and O–H groups in total. The van der Waals surface area contributed by atoms with E-state index in [0.717, 1.165) is 12.5 Å². The summed E-state index contributed by atoms with van der Waals surface area (Å²) in [6.07, 6.45) is -52.3. The Kier molecular flexibility index (Phi) is 31.9. The van der Waals surface area contributed by atoms with Gasteiger partial charge in [0, 0.05) is 19.4 Å². The minimum Gasteiger partial charge on any atom is -0.463 e. The molecule has 0 aromatic carbocycles. The fourth-order valence-electron chi connectivity index (χ4n) is 22.8. The van der Waals surface area contributed by atoms with Crippen LogP contribution in [0.3, 0.4) is 0 Å². The van der Waals surface area contributed by atoms with Gasteiger partial charge in [0.1, 0.15) is 158 Å². The molecule has 5 aliphatic carbocycles. The molecule has 0 spiro atoms. The summed E-state index contributed by atoms with van der Waals surface area (Å²) >= 11 is 0. The van der Waals surface area contributed by atoms with Crippen molar-refractivity contribution < 1.29 is 207 Å². The van der Waals surface area contributed by atoms with E-state index in [0.29, 0.717) is 44.9 Å². The smallest absolute Gasteiger partial charge is 0.333 e. The first-order valence-corrected chi connectivity index (χ1v) is 44.9. The number of amides is 1. The summed E-state index contributed by atoms with van der Waals surface area (Å²) in [6.45, 7) is 17.3. The lowest BCUT2D eigenvalue weighted by Gasteiger charge is -2.72. The largest absolute Gasteiger partial charge is 0.463 e. The first-order chi connectivity index (χ1) is 60.9. The van der Waals surface area contributed by atoms with Gasteiger partial charge in [0.25, 0.3) is 0 Å². The number of carbonyl (C=O) groups excluding carboxylic acids is 4. The van der Waals surface area contributed by atoms with E-state index >= 15 is 4.79 Å². The molecular formula is C87H137NO42. The lowest BCUT2D eigenvalue weighted by molar-refractivity contribution is -0.382. The molecule has 13 rings (SSSR count). The number of allylic oxidation sites excluding steroid dienone is 3. The topological polar surface area (TPSA) is 651 Å². The van der Waals surface area contributed by atoms with E-state index in [9.17, 15) is 117 Å². The van der Waals surface area contributed by atoms with Crippen molar-refractivity contribution in [2.75, 3.05) is 59.5 Å². The molecule has 1 amide bonds. The van der Waals surface area contributed by atoms with Gasteiger partial charge in [-0.1, -0.05) is 72.3 Å². The Balaban J connectivity index is 0.783. The number of esters is 3. The quantitative estimate of drug-likeness (QED) is 0.0114. The number of carbonyl (C=O) groups is 4. The SMILES string of the molecule is C=C[C@](C)(O)CC/C=C(\C)C(=O)O[C@@H]1[C@@H](O)[C@H](O[C@H]2[C@H](O)[C@@H](COC(C)=O)O[C@@H](OC(=O)[C@]34CCC(C)(C)C[C@H]3C3=CC[C@@H]5[C@@]6(C)CC[C@H](O[C@@H]7O[C@H](CO[C@@H]8OC[C@H](O)[C@H](O[C@@H]9OC[C@@H](O)[C@H](O)[C@H]9O)[C@H]8O)[C@@H](O[C@@H]8O[C@H](CO)[C@@H](O)[C@H](O)[C@H]8O)[C@H](O)[C@H]7NC(C)=O)C(C)(C)[C@@H]6CC[C@@]5(C)[C@]3(C)C[C@H]4O)[C@@H]2O[C@@H]2OC[C@@H](O)[C@H](O[C@@H]3OC[C@](O)(CO)[C@H]3O)[C@H]2O)OC[C@H]1O. The van der Waals surface area contributed by atoms with Crippen LogP contribution in [0.25, 0.3) is 0 Å². The zero-order chi connectivity index (χ0) is 95.1. The molecule has 0 aromatic heterocycles. The van der Waals surface area contributed by atoms with E-state index in [-0.39, 0.29) is 43.1 Å². The van der Waals surface area contributed by atoms with Crippen LogP contribution < -0.4 is 5.32 Å². The molecule has 742 valence electrons. The Morgan fingerprint density at radius 1 is 0.546 bits per heavy atom. The van der Waals surface area contributed by atoms with E-state index < -0.39 is 348 Å². The average Bonchev–Trinajstić information content (AvgIpc) is 0.683. The van der Waals surface area contributed by atoms with Crippen LogP contribution in [0, 0.1) is 50.2 Å². The highest BCUT2D eigenvalue weighted by Crippen LogP contribution is 2.76. The monoisotopic (exact) mass is 1870 g/mol. The maximum Gasteiger partial charge on any atom is 0.333 e. The van der Waals surface area contributed by atoms with Gasteiger partial charge in [0.15, 0.2) is 56.2 Å². The Labute approximate surface area is 751 Å². The van der Waals surface area contributed by atoms with Gasteiger partial charge in [0.05, 0.1) is 70.7 Å². The Hall–Kier alpha value is -4.30. The molecule has 8 aliphatic heterocycles. The van der Waals surface area contributed by atoms with Crippen LogP contribution in [0.1, 0.15) is 147 Å². The maximum absolute atomic E-state index is 16.5. The van der Waals surface area contributed by atoms with Crippen LogP contribution in [-0.4, -0.2) is 412 Å². The van der Waals surface area contributed by atoms with Crippen molar-refractivity contribution in [3.63, 3.8) is 0 Å². The second kappa shape index (κ2) is 40.3.